The maximum Gasteiger partial charge on any atom is 0.336 e. The second kappa shape index (κ2) is 5.67. The van der Waals surface area contributed by atoms with Crippen LogP contribution >= 0.6 is 11.8 Å². The molecule has 0 N–H and O–H groups in total. The van der Waals surface area contributed by atoms with Crippen LogP contribution in [0.15, 0.2) is 17.6 Å². The number of hydrogen-bond acceptors (Lipinski definition) is 8. The fourth-order valence-corrected chi connectivity index (χ4v) is 1.84. The van der Waals surface area contributed by atoms with E-state index in [-0.39, 0.29) is 6.01 Å². The van der Waals surface area contributed by atoms with Crippen LogP contribution in [0, 0.1) is 0 Å². The van der Waals surface area contributed by atoms with Gasteiger partial charge < -0.3 is 4.74 Å². The van der Waals surface area contributed by atoms with Crippen molar-refractivity contribution in [3.05, 3.63) is 12.4 Å². The van der Waals surface area contributed by atoms with Gasteiger partial charge in [-0.15, -0.1) is 5.10 Å². The minimum atomic E-state index is 0.198. The third kappa shape index (κ3) is 3.10. The van der Waals surface area contributed by atoms with Crippen LogP contribution in [0.1, 0.15) is 13.8 Å². The van der Waals surface area contributed by atoms with Crippen LogP contribution < -0.4 is 4.74 Å². The maximum absolute atomic E-state index is 4.92. The molecule has 0 radical (unpaired) electrons. The van der Waals surface area contributed by atoms with Crippen molar-refractivity contribution in [2.24, 2.45) is 0 Å². The second-order valence-electron chi connectivity index (χ2n) is 3.62. The molecular formula is C10H12N6OS. The van der Waals surface area contributed by atoms with Gasteiger partial charge in [0.15, 0.2) is 0 Å². The van der Waals surface area contributed by atoms with Crippen LogP contribution in [0.5, 0.6) is 6.01 Å². The van der Waals surface area contributed by atoms with Crippen LogP contribution in [0.25, 0.3) is 11.4 Å². The predicted octanol–water partition coefficient (Wildman–Crippen LogP) is 1.23. The van der Waals surface area contributed by atoms with Crippen molar-refractivity contribution in [2.45, 2.75) is 24.3 Å². The Morgan fingerprint density at radius 3 is 2.39 bits per heavy atom. The Kier molecular flexibility index (Phi) is 3.98. The lowest BCUT2D eigenvalue weighted by Gasteiger charge is -2.04. The molecule has 0 amide bonds. The van der Waals surface area contributed by atoms with Crippen LogP contribution in [0.3, 0.4) is 0 Å². The molecule has 2 aromatic rings. The monoisotopic (exact) mass is 264 g/mol. The van der Waals surface area contributed by atoms with Gasteiger partial charge in [-0.25, -0.2) is 4.98 Å². The minimum absolute atomic E-state index is 0.198. The molecule has 8 heteroatoms. The molecule has 0 atom stereocenters. The molecule has 18 heavy (non-hydrogen) atoms. The molecule has 2 heterocycles. The summed E-state index contributed by atoms with van der Waals surface area (Å²) in [6, 6.07) is 0.198. The first kappa shape index (κ1) is 12.6. The predicted molar refractivity (Wildman–Crippen MR) is 66.2 cm³/mol. The quantitative estimate of drug-likeness (QED) is 0.762. The van der Waals surface area contributed by atoms with Crippen molar-refractivity contribution in [1.82, 2.24) is 30.4 Å². The highest BCUT2D eigenvalue weighted by Crippen LogP contribution is 2.20. The van der Waals surface area contributed by atoms with E-state index in [1.165, 1.54) is 31.3 Å². The first-order chi connectivity index (χ1) is 8.69. The molecule has 94 valence electrons. The SMILES string of the molecule is COc1nncc(-c2cnnc(SC(C)C)n2)n1. The lowest BCUT2D eigenvalue weighted by atomic mass is 10.3. The lowest BCUT2D eigenvalue weighted by Crippen LogP contribution is -2.00. The van der Waals surface area contributed by atoms with Gasteiger partial charge in [0.1, 0.15) is 11.4 Å². The molecule has 0 aliphatic carbocycles. The van der Waals surface area contributed by atoms with Crippen LogP contribution in [-0.2, 0) is 0 Å². The van der Waals surface area contributed by atoms with Gasteiger partial charge in [-0.05, 0) is 0 Å². The molecule has 0 bridgehead atoms. The molecular weight excluding hydrogens is 252 g/mol. The Bertz CT molecular complexity index is 535. The van der Waals surface area contributed by atoms with E-state index >= 15 is 0 Å². The zero-order valence-corrected chi connectivity index (χ0v) is 11.0. The topological polar surface area (TPSA) is 86.6 Å². The van der Waals surface area contributed by atoms with E-state index in [4.69, 9.17) is 4.74 Å². The fourth-order valence-electron chi connectivity index (χ4n) is 1.17. The van der Waals surface area contributed by atoms with E-state index in [1.54, 1.807) is 0 Å². The maximum atomic E-state index is 4.92. The van der Waals surface area contributed by atoms with Crippen molar-refractivity contribution < 1.29 is 4.74 Å². The third-order valence-corrected chi connectivity index (χ3v) is 2.72. The average molecular weight is 264 g/mol. The van der Waals surface area contributed by atoms with Gasteiger partial charge in [0.2, 0.25) is 5.16 Å². The summed E-state index contributed by atoms with van der Waals surface area (Å²) < 4.78 is 4.92. The number of aromatic nitrogens is 6. The summed E-state index contributed by atoms with van der Waals surface area (Å²) in [5.74, 6) is 0. The normalized spacial score (nSPS) is 10.7. The Morgan fingerprint density at radius 1 is 1.06 bits per heavy atom. The summed E-state index contributed by atoms with van der Waals surface area (Å²) in [5.41, 5.74) is 1.16. The zero-order valence-electron chi connectivity index (χ0n) is 10.2. The first-order valence-corrected chi connectivity index (χ1v) is 6.17. The van der Waals surface area contributed by atoms with Crippen molar-refractivity contribution in [2.75, 3.05) is 7.11 Å². The summed E-state index contributed by atoms with van der Waals surface area (Å²) in [6.07, 6.45) is 3.05. The van der Waals surface area contributed by atoms with Crippen LogP contribution in [-0.4, -0.2) is 42.7 Å². The van der Waals surface area contributed by atoms with Gasteiger partial charge in [0, 0.05) is 5.25 Å². The summed E-state index contributed by atoms with van der Waals surface area (Å²) in [5, 5.41) is 16.4. The molecule has 0 saturated carbocycles. The largest absolute Gasteiger partial charge is 0.466 e. The number of ether oxygens (including phenoxy) is 1. The third-order valence-electron chi connectivity index (χ3n) is 1.86. The van der Waals surface area contributed by atoms with Gasteiger partial charge >= 0.3 is 6.01 Å². The number of rotatable bonds is 4. The molecule has 0 aromatic carbocycles. The molecule has 2 rings (SSSR count). The van der Waals surface area contributed by atoms with Gasteiger partial charge in [-0.1, -0.05) is 30.7 Å². The molecule has 0 saturated heterocycles. The summed E-state index contributed by atoms with van der Waals surface area (Å²) in [6.45, 7) is 4.13. The number of methoxy groups -OCH3 is 1. The van der Waals surface area contributed by atoms with E-state index in [9.17, 15) is 0 Å². The lowest BCUT2D eigenvalue weighted by molar-refractivity contribution is 0.374. The molecule has 7 nitrogen and oxygen atoms in total. The van der Waals surface area contributed by atoms with Gasteiger partial charge in [-0.3, -0.25) is 0 Å². The van der Waals surface area contributed by atoms with E-state index < -0.39 is 0 Å². The summed E-state index contributed by atoms with van der Waals surface area (Å²) >= 11 is 1.54. The fraction of sp³-hybridized carbons (Fsp3) is 0.400. The standard InChI is InChI=1S/C10H12N6OS/c1-6(2)18-10-14-8(5-12-16-10)7-4-11-15-9(13-7)17-3/h4-6H,1-3H3. The number of thioether (sulfide) groups is 1. The van der Waals surface area contributed by atoms with E-state index in [2.05, 4.69) is 44.2 Å². The Labute approximate surface area is 108 Å². The van der Waals surface area contributed by atoms with Crippen molar-refractivity contribution in [3.8, 4) is 17.4 Å². The summed E-state index contributed by atoms with van der Waals surface area (Å²) in [7, 11) is 1.49. The highest BCUT2D eigenvalue weighted by atomic mass is 32.2. The molecule has 0 aliphatic rings. The van der Waals surface area contributed by atoms with Crippen molar-refractivity contribution >= 4 is 11.8 Å². The van der Waals surface area contributed by atoms with Gasteiger partial charge in [0.05, 0.1) is 19.5 Å². The van der Waals surface area contributed by atoms with Gasteiger partial charge in [0.25, 0.3) is 0 Å². The minimum Gasteiger partial charge on any atom is -0.466 e. The van der Waals surface area contributed by atoms with E-state index in [0.717, 1.165) is 0 Å². The average Bonchev–Trinajstić information content (AvgIpc) is 2.38. The van der Waals surface area contributed by atoms with E-state index in [1.807, 2.05) is 0 Å². The highest BCUT2D eigenvalue weighted by Gasteiger charge is 2.08. The number of hydrogen-bond donors (Lipinski definition) is 0. The van der Waals surface area contributed by atoms with Gasteiger partial charge in [-0.2, -0.15) is 15.2 Å². The highest BCUT2D eigenvalue weighted by molar-refractivity contribution is 7.99. The van der Waals surface area contributed by atoms with Crippen LogP contribution in [0.2, 0.25) is 0 Å². The van der Waals surface area contributed by atoms with Crippen molar-refractivity contribution in [1.29, 1.82) is 0 Å². The van der Waals surface area contributed by atoms with Crippen molar-refractivity contribution in [3.63, 3.8) is 0 Å². The summed E-state index contributed by atoms with van der Waals surface area (Å²) in [4.78, 5) is 8.51. The first-order valence-electron chi connectivity index (χ1n) is 5.29. The second-order valence-corrected chi connectivity index (χ2v) is 5.16. The zero-order chi connectivity index (χ0) is 13.0. The van der Waals surface area contributed by atoms with E-state index in [0.29, 0.717) is 21.8 Å². The molecule has 0 aliphatic heterocycles. The molecule has 2 aromatic heterocycles. The number of nitrogens with zero attached hydrogens (tertiary/aromatic N) is 6. The molecule has 0 fully saturated rings. The Balaban J connectivity index is 2.32. The smallest absolute Gasteiger partial charge is 0.336 e. The Hall–Kier alpha value is -1.83. The van der Waals surface area contributed by atoms with Crippen LogP contribution in [0.4, 0.5) is 0 Å². The molecule has 0 unspecified atom stereocenters. The Morgan fingerprint density at radius 2 is 1.72 bits per heavy atom. The molecule has 0 spiro atoms.